The van der Waals surface area contributed by atoms with Crippen molar-refractivity contribution in [2.45, 2.75) is 13.8 Å². The second kappa shape index (κ2) is 4.46. The van der Waals surface area contributed by atoms with Crippen LogP contribution in [0.15, 0.2) is 16.6 Å². The lowest BCUT2D eigenvalue weighted by atomic mass is 10.2. The van der Waals surface area contributed by atoms with Gasteiger partial charge in [0.25, 0.3) is 0 Å². The molecule has 1 aromatic rings. The maximum Gasteiger partial charge on any atom is 0.308 e. The number of hydrogen-bond acceptors (Lipinski definition) is 3. The Hall–Kier alpha value is -1.03. The minimum absolute atomic E-state index is 0.339. The summed E-state index contributed by atoms with van der Waals surface area (Å²) < 4.78 is 10.9. The van der Waals surface area contributed by atoms with Crippen LogP contribution in [-0.4, -0.2) is 13.1 Å². The van der Waals surface area contributed by atoms with Crippen molar-refractivity contribution in [3.8, 4) is 11.5 Å². The van der Waals surface area contributed by atoms with E-state index in [0.717, 1.165) is 10.0 Å². The van der Waals surface area contributed by atoms with Crippen LogP contribution in [0.25, 0.3) is 0 Å². The maximum atomic E-state index is 10.7. The lowest BCUT2D eigenvalue weighted by molar-refractivity contribution is -0.131. The van der Waals surface area contributed by atoms with Gasteiger partial charge in [0.15, 0.2) is 0 Å². The van der Waals surface area contributed by atoms with Gasteiger partial charge in [-0.3, -0.25) is 4.79 Å². The summed E-state index contributed by atoms with van der Waals surface area (Å²) in [4.78, 5) is 10.7. The third-order valence-electron chi connectivity index (χ3n) is 1.68. The van der Waals surface area contributed by atoms with E-state index in [-0.39, 0.29) is 5.97 Å². The molecule has 4 heteroatoms. The second-order valence-electron chi connectivity index (χ2n) is 2.85. The summed E-state index contributed by atoms with van der Waals surface area (Å²) in [5.41, 5.74) is 0.959. The zero-order valence-corrected chi connectivity index (χ0v) is 9.84. The smallest absolute Gasteiger partial charge is 0.308 e. The molecule has 0 N–H and O–H groups in total. The van der Waals surface area contributed by atoms with Crippen molar-refractivity contribution in [2.75, 3.05) is 7.11 Å². The number of carbonyl (C=O) groups excluding carboxylic acids is 1. The summed E-state index contributed by atoms with van der Waals surface area (Å²) in [6.45, 7) is 3.27. The Morgan fingerprint density at radius 3 is 2.57 bits per heavy atom. The van der Waals surface area contributed by atoms with Crippen molar-refractivity contribution in [1.82, 2.24) is 0 Å². The highest BCUT2D eigenvalue weighted by atomic mass is 79.9. The Balaban J connectivity index is 3.09. The van der Waals surface area contributed by atoms with Crippen LogP contribution in [0.2, 0.25) is 0 Å². The Morgan fingerprint density at radius 2 is 2.07 bits per heavy atom. The molecular formula is C10H11BrO3. The van der Waals surface area contributed by atoms with Gasteiger partial charge in [-0.05, 0) is 34.5 Å². The van der Waals surface area contributed by atoms with Gasteiger partial charge in [-0.1, -0.05) is 0 Å². The van der Waals surface area contributed by atoms with E-state index in [1.807, 2.05) is 6.92 Å². The maximum absolute atomic E-state index is 10.7. The average molecular weight is 259 g/mol. The molecule has 0 amide bonds. The minimum Gasteiger partial charge on any atom is -0.495 e. The lowest BCUT2D eigenvalue weighted by Crippen LogP contribution is -2.02. The monoisotopic (exact) mass is 258 g/mol. The van der Waals surface area contributed by atoms with Gasteiger partial charge in [0.2, 0.25) is 0 Å². The first-order chi connectivity index (χ1) is 6.54. The zero-order valence-electron chi connectivity index (χ0n) is 8.26. The molecule has 14 heavy (non-hydrogen) atoms. The van der Waals surface area contributed by atoms with E-state index >= 15 is 0 Å². The summed E-state index contributed by atoms with van der Waals surface area (Å²) in [5, 5.41) is 0. The molecule has 0 saturated carbocycles. The van der Waals surface area contributed by atoms with Crippen LogP contribution in [0.1, 0.15) is 12.5 Å². The molecule has 0 radical (unpaired) electrons. The molecule has 0 bridgehead atoms. The van der Waals surface area contributed by atoms with Crippen LogP contribution < -0.4 is 9.47 Å². The van der Waals surface area contributed by atoms with E-state index in [9.17, 15) is 4.79 Å². The molecule has 0 atom stereocenters. The number of methoxy groups -OCH3 is 1. The van der Waals surface area contributed by atoms with Gasteiger partial charge in [-0.25, -0.2) is 0 Å². The first kappa shape index (κ1) is 11.0. The Kier molecular flexibility index (Phi) is 3.52. The third-order valence-corrected chi connectivity index (χ3v) is 2.69. The molecular weight excluding hydrogens is 248 g/mol. The zero-order chi connectivity index (χ0) is 10.7. The normalized spacial score (nSPS) is 9.71. The number of aryl methyl sites for hydroxylation is 1. The molecule has 0 fully saturated rings. The molecule has 1 aromatic carbocycles. The largest absolute Gasteiger partial charge is 0.495 e. The van der Waals surface area contributed by atoms with Gasteiger partial charge in [-0.15, -0.1) is 0 Å². The number of halogens is 1. The second-order valence-corrected chi connectivity index (χ2v) is 3.64. The van der Waals surface area contributed by atoms with Crippen molar-refractivity contribution in [3.63, 3.8) is 0 Å². The number of hydrogen-bond donors (Lipinski definition) is 0. The van der Waals surface area contributed by atoms with E-state index in [1.54, 1.807) is 19.2 Å². The van der Waals surface area contributed by atoms with Gasteiger partial charge >= 0.3 is 5.97 Å². The van der Waals surface area contributed by atoms with E-state index in [1.165, 1.54) is 6.92 Å². The van der Waals surface area contributed by atoms with Gasteiger partial charge in [0.05, 0.1) is 11.6 Å². The van der Waals surface area contributed by atoms with Crippen molar-refractivity contribution in [1.29, 1.82) is 0 Å². The fraction of sp³-hybridized carbons (Fsp3) is 0.300. The molecule has 0 saturated heterocycles. The van der Waals surface area contributed by atoms with Gasteiger partial charge in [0, 0.05) is 13.0 Å². The number of rotatable bonds is 2. The summed E-state index contributed by atoms with van der Waals surface area (Å²) >= 11 is 3.38. The fourth-order valence-electron chi connectivity index (χ4n) is 1.08. The minimum atomic E-state index is -0.339. The van der Waals surface area contributed by atoms with Gasteiger partial charge < -0.3 is 9.47 Å². The van der Waals surface area contributed by atoms with Crippen molar-refractivity contribution < 1.29 is 14.3 Å². The van der Waals surface area contributed by atoms with Crippen molar-refractivity contribution >= 4 is 21.9 Å². The molecule has 0 unspecified atom stereocenters. The molecule has 0 aliphatic rings. The highest BCUT2D eigenvalue weighted by Crippen LogP contribution is 2.32. The molecule has 76 valence electrons. The first-order valence-corrected chi connectivity index (χ1v) is 4.86. The van der Waals surface area contributed by atoms with Crippen LogP contribution in [0, 0.1) is 6.92 Å². The van der Waals surface area contributed by atoms with E-state index in [2.05, 4.69) is 15.9 Å². The number of carbonyl (C=O) groups is 1. The van der Waals surface area contributed by atoms with Crippen molar-refractivity contribution in [3.05, 3.63) is 22.2 Å². The summed E-state index contributed by atoms with van der Waals surface area (Å²) in [6, 6.07) is 3.44. The summed E-state index contributed by atoms with van der Waals surface area (Å²) in [7, 11) is 1.57. The lowest BCUT2D eigenvalue weighted by Gasteiger charge is -2.09. The van der Waals surface area contributed by atoms with Gasteiger partial charge in [-0.2, -0.15) is 0 Å². The highest BCUT2D eigenvalue weighted by Gasteiger charge is 2.07. The predicted octanol–water partition coefficient (Wildman–Crippen LogP) is 2.69. The van der Waals surface area contributed by atoms with E-state index in [0.29, 0.717) is 11.5 Å². The third kappa shape index (κ3) is 2.48. The topological polar surface area (TPSA) is 35.5 Å². The van der Waals surface area contributed by atoms with Crippen LogP contribution in [0.3, 0.4) is 0 Å². The number of benzene rings is 1. The average Bonchev–Trinajstić information content (AvgIpc) is 2.10. The van der Waals surface area contributed by atoms with E-state index in [4.69, 9.17) is 9.47 Å². The van der Waals surface area contributed by atoms with Crippen LogP contribution >= 0.6 is 15.9 Å². The number of esters is 1. The molecule has 0 spiro atoms. The molecule has 3 nitrogen and oxygen atoms in total. The molecule has 0 heterocycles. The first-order valence-electron chi connectivity index (χ1n) is 4.07. The van der Waals surface area contributed by atoms with Crippen LogP contribution in [0.4, 0.5) is 0 Å². The Bertz CT molecular complexity index is 361. The Labute approximate surface area is 91.1 Å². The quantitative estimate of drug-likeness (QED) is 0.605. The van der Waals surface area contributed by atoms with Crippen LogP contribution in [-0.2, 0) is 4.79 Å². The fourth-order valence-corrected chi connectivity index (χ4v) is 1.47. The Morgan fingerprint density at radius 1 is 1.43 bits per heavy atom. The SMILES string of the molecule is COc1cc(OC(C)=O)cc(C)c1Br. The van der Waals surface area contributed by atoms with Crippen LogP contribution in [0.5, 0.6) is 11.5 Å². The van der Waals surface area contributed by atoms with E-state index < -0.39 is 0 Å². The van der Waals surface area contributed by atoms with Gasteiger partial charge in [0.1, 0.15) is 11.5 Å². The molecule has 0 aliphatic heterocycles. The molecule has 0 aliphatic carbocycles. The summed E-state index contributed by atoms with van der Waals surface area (Å²) in [6.07, 6.45) is 0. The standard InChI is InChI=1S/C10H11BrO3/c1-6-4-8(14-7(2)12)5-9(13-3)10(6)11/h4-5H,1-3H3. The summed E-state index contributed by atoms with van der Waals surface area (Å²) in [5.74, 6) is 0.810. The van der Waals surface area contributed by atoms with Crippen molar-refractivity contribution in [2.24, 2.45) is 0 Å². The highest BCUT2D eigenvalue weighted by molar-refractivity contribution is 9.10. The molecule has 0 aromatic heterocycles. The number of ether oxygens (including phenoxy) is 2. The predicted molar refractivity (Wildman–Crippen MR) is 56.7 cm³/mol. The molecule has 1 rings (SSSR count).